The smallest absolute Gasteiger partial charge is 0.404 e. The number of nitrogens with one attached hydrogen (secondary N) is 2. The third-order valence-corrected chi connectivity index (χ3v) is 4.03. The molecule has 0 atom stereocenters. The van der Waals surface area contributed by atoms with E-state index in [1.807, 2.05) is 0 Å². The van der Waals surface area contributed by atoms with Gasteiger partial charge in [-0.1, -0.05) is 12.1 Å². The van der Waals surface area contributed by atoms with Gasteiger partial charge in [-0.25, -0.2) is 8.42 Å². The molecule has 2 rings (SSSR count). The molecule has 1 aliphatic carbocycles. The fraction of sp³-hybridized carbons (Fsp3) is 0.500. The monoisotopic (exact) mass is 324 g/mol. The number of halogens is 3. The summed E-state index contributed by atoms with van der Waals surface area (Å²) >= 11 is 0. The predicted octanol–water partition coefficient (Wildman–Crippen LogP) is 2.08. The van der Waals surface area contributed by atoms with Crippen LogP contribution in [0.3, 0.4) is 0 Å². The number of alkyl halides is 3. The lowest BCUT2D eigenvalue weighted by molar-refractivity contribution is -0.274. The maximum Gasteiger partial charge on any atom is 0.573 e. The largest absolute Gasteiger partial charge is 0.573 e. The Morgan fingerprint density at radius 2 is 1.90 bits per heavy atom. The fourth-order valence-electron chi connectivity index (χ4n) is 1.67. The van der Waals surface area contributed by atoms with E-state index in [1.54, 1.807) is 0 Å². The summed E-state index contributed by atoms with van der Waals surface area (Å²) in [6, 6.07) is 5.37. The van der Waals surface area contributed by atoms with E-state index >= 15 is 0 Å². The van der Waals surface area contributed by atoms with Gasteiger partial charge >= 0.3 is 6.36 Å². The molecular weight excluding hydrogens is 309 g/mol. The van der Waals surface area contributed by atoms with E-state index in [4.69, 9.17) is 0 Å². The summed E-state index contributed by atoms with van der Waals surface area (Å²) in [6.45, 7) is 0.252. The minimum absolute atomic E-state index is 0.218. The molecule has 0 aromatic heterocycles. The average Bonchev–Trinajstić information content (AvgIpc) is 3.13. The van der Waals surface area contributed by atoms with Crippen LogP contribution < -0.4 is 14.8 Å². The van der Waals surface area contributed by atoms with Crippen molar-refractivity contribution in [3.63, 3.8) is 0 Å². The molecule has 1 aromatic carbocycles. The van der Waals surface area contributed by atoms with Gasteiger partial charge in [0.25, 0.3) is 0 Å². The Balaban J connectivity index is 2.00. The lowest BCUT2D eigenvalue weighted by atomic mass is 10.3. The summed E-state index contributed by atoms with van der Waals surface area (Å²) in [5.41, 5.74) is -0.235. The fourth-order valence-corrected chi connectivity index (χ4v) is 2.66. The Kier molecular flexibility index (Phi) is 4.62. The second kappa shape index (κ2) is 6.10. The first-order chi connectivity index (χ1) is 9.75. The number of benzene rings is 1. The molecule has 1 aromatic rings. The van der Waals surface area contributed by atoms with Crippen LogP contribution in [0.5, 0.6) is 5.75 Å². The van der Waals surface area contributed by atoms with Gasteiger partial charge in [-0.2, -0.15) is 0 Å². The van der Waals surface area contributed by atoms with E-state index < -0.39 is 22.1 Å². The van der Waals surface area contributed by atoms with Crippen molar-refractivity contribution in [2.24, 2.45) is 0 Å². The standard InChI is InChI=1S/C12H15F3N2O3S/c13-12(14,15)20-11-4-2-1-3-10(11)17-21(18,19)8-7-16-9-5-6-9/h1-4,9,16-17H,5-8H2. The molecule has 0 aliphatic heterocycles. The van der Waals surface area contributed by atoms with Crippen molar-refractivity contribution in [3.8, 4) is 5.75 Å². The molecule has 9 heteroatoms. The summed E-state index contributed by atoms with van der Waals surface area (Å²) in [5, 5.41) is 3.02. The molecule has 2 N–H and O–H groups in total. The molecule has 1 aliphatic rings. The van der Waals surface area contributed by atoms with Crippen LogP contribution in [0, 0.1) is 0 Å². The Labute approximate surface area is 120 Å². The summed E-state index contributed by atoms with van der Waals surface area (Å²) in [7, 11) is -3.74. The molecule has 0 bridgehead atoms. The number of anilines is 1. The summed E-state index contributed by atoms with van der Waals surface area (Å²) in [5.74, 6) is -0.798. The minimum atomic E-state index is -4.88. The number of rotatable bonds is 7. The van der Waals surface area contributed by atoms with E-state index in [0.29, 0.717) is 6.04 Å². The van der Waals surface area contributed by atoms with E-state index in [2.05, 4.69) is 14.8 Å². The molecule has 0 unspecified atom stereocenters. The lowest BCUT2D eigenvalue weighted by Crippen LogP contribution is -2.28. The van der Waals surface area contributed by atoms with Gasteiger partial charge < -0.3 is 10.1 Å². The first-order valence-electron chi connectivity index (χ1n) is 6.34. The average molecular weight is 324 g/mol. The van der Waals surface area contributed by atoms with Crippen molar-refractivity contribution in [3.05, 3.63) is 24.3 Å². The van der Waals surface area contributed by atoms with Gasteiger partial charge in [-0.15, -0.1) is 13.2 Å². The van der Waals surface area contributed by atoms with Crippen LogP contribution in [0.15, 0.2) is 24.3 Å². The van der Waals surface area contributed by atoms with Crippen molar-refractivity contribution < 1.29 is 26.3 Å². The van der Waals surface area contributed by atoms with E-state index in [9.17, 15) is 21.6 Å². The zero-order valence-electron chi connectivity index (χ0n) is 11.0. The third-order valence-electron chi connectivity index (χ3n) is 2.76. The Morgan fingerprint density at radius 3 is 2.52 bits per heavy atom. The van der Waals surface area contributed by atoms with Crippen molar-refractivity contribution in [1.82, 2.24) is 5.32 Å². The maximum absolute atomic E-state index is 12.2. The van der Waals surface area contributed by atoms with E-state index in [-0.39, 0.29) is 18.0 Å². The Bertz CT molecular complexity index is 586. The normalized spacial score (nSPS) is 15.8. The highest BCUT2D eigenvalue weighted by Crippen LogP contribution is 2.30. The van der Waals surface area contributed by atoms with Gasteiger partial charge in [0, 0.05) is 12.6 Å². The van der Waals surface area contributed by atoms with Crippen molar-refractivity contribution in [2.45, 2.75) is 25.2 Å². The number of ether oxygens (including phenoxy) is 1. The van der Waals surface area contributed by atoms with Crippen LogP contribution in [0.4, 0.5) is 18.9 Å². The van der Waals surface area contributed by atoms with Gasteiger partial charge in [-0.05, 0) is 25.0 Å². The number of sulfonamides is 1. The van der Waals surface area contributed by atoms with Gasteiger partial charge in [0.2, 0.25) is 10.0 Å². The predicted molar refractivity (Wildman–Crippen MR) is 71.6 cm³/mol. The number of hydrogen-bond donors (Lipinski definition) is 2. The number of para-hydroxylation sites is 2. The summed E-state index contributed by atoms with van der Waals surface area (Å²) < 4.78 is 66.3. The van der Waals surface area contributed by atoms with Crippen LogP contribution in [0.1, 0.15) is 12.8 Å². The van der Waals surface area contributed by atoms with Gasteiger partial charge in [0.15, 0.2) is 5.75 Å². The van der Waals surface area contributed by atoms with E-state index in [1.165, 1.54) is 18.2 Å². The maximum atomic E-state index is 12.2. The van der Waals surface area contributed by atoms with Crippen molar-refractivity contribution in [1.29, 1.82) is 0 Å². The van der Waals surface area contributed by atoms with E-state index in [0.717, 1.165) is 18.9 Å². The van der Waals surface area contributed by atoms with Crippen LogP contribution in [-0.2, 0) is 10.0 Å². The molecule has 118 valence electrons. The van der Waals surface area contributed by atoms with Crippen LogP contribution in [0.25, 0.3) is 0 Å². The SMILES string of the molecule is O=S(=O)(CCNC1CC1)Nc1ccccc1OC(F)(F)F. The molecule has 0 amide bonds. The molecule has 0 radical (unpaired) electrons. The molecule has 1 fully saturated rings. The highest BCUT2D eigenvalue weighted by molar-refractivity contribution is 7.92. The second-order valence-electron chi connectivity index (χ2n) is 4.69. The first kappa shape index (κ1) is 15.9. The molecule has 5 nitrogen and oxygen atoms in total. The quantitative estimate of drug-likeness (QED) is 0.806. The molecular formula is C12H15F3N2O3S. The van der Waals surface area contributed by atoms with Crippen LogP contribution in [-0.4, -0.2) is 33.1 Å². The zero-order chi connectivity index (χ0) is 15.5. The zero-order valence-corrected chi connectivity index (χ0v) is 11.8. The van der Waals surface area contributed by atoms with Crippen LogP contribution in [0.2, 0.25) is 0 Å². The number of hydrogen-bond acceptors (Lipinski definition) is 4. The summed E-state index contributed by atoms with van der Waals surface area (Å²) in [4.78, 5) is 0. The first-order valence-corrected chi connectivity index (χ1v) is 7.99. The third kappa shape index (κ3) is 5.80. The topological polar surface area (TPSA) is 67.4 Å². The summed E-state index contributed by atoms with van der Waals surface area (Å²) in [6.07, 6.45) is -2.83. The Hall–Kier alpha value is -1.48. The second-order valence-corrected chi connectivity index (χ2v) is 6.54. The molecule has 0 saturated heterocycles. The molecule has 0 heterocycles. The molecule has 0 spiro atoms. The lowest BCUT2D eigenvalue weighted by Gasteiger charge is -2.14. The van der Waals surface area contributed by atoms with Gasteiger partial charge in [0.1, 0.15) is 0 Å². The van der Waals surface area contributed by atoms with Gasteiger partial charge in [-0.3, -0.25) is 4.72 Å². The minimum Gasteiger partial charge on any atom is -0.404 e. The van der Waals surface area contributed by atoms with Crippen molar-refractivity contribution in [2.75, 3.05) is 17.0 Å². The molecule has 21 heavy (non-hydrogen) atoms. The van der Waals surface area contributed by atoms with Crippen LogP contribution >= 0.6 is 0 Å². The highest BCUT2D eigenvalue weighted by atomic mass is 32.2. The van der Waals surface area contributed by atoms with Crippen molar-refractivity contribution >= 4 is 15.7 Å². The highest BCUT2D eigenvalue weighted by Gasteiger charge is 2.32. The van der Waals surface area contributed by atoms with Gasteiger partial charge in [0.05, 0.1) is 11.4 Å². The molecule has 1 saturated carbocycles. The Morgan fingerprint density at radius 1 is 1.24 bits per heavy atom.